The molecule has 0 aliphatic heterocycles. The zero-order chi connectivity index (χ0) is 35.5. The summed E-state index contributed by atoms with van der Waals surface area (Å²) in [5.74, 6) is -2.68. The molecular formula is C36H52N4O7. The third-order valence-corrected chi connectivity index (χ3v) is 7.72. The van der Waals surface area contributed by atoms with Gasteiger partial charge in [0.15, 0.2) is 0 Å². The molecule has 2 N–H and O–H groups in total. The highest BCUT2D eigenvalue weighted by Gasteiger charge is 2.38. The molecule has 0 spiro atoms. The van der Waals surface area contributed by atoms with Crippen molar-refractivity contribution in [2.45, 2.75) is 98.2 Å². The van der Waals surface area contributed by atoms with E-state index < -0.39 is 59.6 Å². The zero-order valence-corrected chi connectivity index (χ0v) is 29.4. The standard InChI is InChI=1S/C36H52N4O7/c1-23(2)29(38-35(45)46-22-27-19-15-12-16-20-27)33(43)39(9)25(5)32(42)40(10)28(21-26-17-13-11-14-18-26)31(41)37-30(24(3)4)34(44)47-36(6,7)8/h11-20,23-25,28-30H,21-22H2,1-10H3,(H,37,41)(H,38,45)/t25-,28+,29+,30-/m0/s1. The first-order chi connectivity index (χ1) is 21.9. The van der Waals surface area contributed by atoms with E-state index in [0.717, 1.165) is 11.1 Å². The SMILES string of the molecule is CC(C)[C@H](NC(=O)[C@@H](Cc1ccccc1)N(C)C(=O)[C@H](C)N(C)C(=O)[C@H](NC(=O)OCc1ccccc1)C(C)C)C(=O)OC(C)(C)C. The number of nitrogens with one attached hydrogen (secondary N) is 2. The average Bonchev–Trinajstić information content (AvgIpc) is 3.01. The van der Waals surface area contributed by atoms with Crippen LogP contribution in [0.15, 0.2) is 60.7 Å². The van der Waals surface area contributed by atoms with Gasteiger partial charge in [0.2, 0.25) is 17.7 Å². The minimum atomic E-state index is -1.01. The van der Waals surface area contributed by atoms with Crippen LogP contribution >= 0.6 is 0 Å². The zero-order valence-electron chi connectivity index (χ0n) is 29.4. The number of rotatable bonds is 14. The maximum absolute atomic E-state index is 13.9. The van der Waals surface area contributed by atoms with Gasteiger partial charge in [-0.05, 0) is 50.7 Å². The predicted molar refractivity (Wildman–Crippen MR) is 180 cm³/mol. The number of alkyl carbamates (subject to hydrolysis) is 1. The normalized spacial score (nSPS) is 14.0. The molecule has 11 heteroatoms. The van der Waals surface area contributed by atoms with Gasteiger partial charge in [0.25, 0.3) is 0 Å². The predicted octanol–water partition coefficient (Wildman–Crippen LogP) is 4.34. The molecular weight excluding hydrogens is 600 g/mol. The van der Waals surface area contributed by atoms with Crippen molar-refractivity contribution < 1.29 is 33.4 Å². The molecule has 0 unspecified atom stereocenters. The molecule has 0 fully saturated rings. The molecule has 11 nitrogen and oxygen atoms in total. The molecule has 0 radical (unpaired) electrons. The number of benzene rings is 2. The Morgan fingerprint density at radius 1 is 0.702 bits per heavy atom. The van der Waals surface area contributed by atoms with E-state index >= 15 is 0 Å². The third-order valence-electron chi connectivity index (χ3n) is 7.72. The van der Waals surface area contributed by atoms with Gasteiger partial charge in [0.05, 0.1) is 0 Å². The van der Waals surface area contributed by atoms with Crippen LogP contribution < -0.4 is 10.6 Å². The first kappa shape index (κ1) is 38.8. The minimum absolute atomic E-state index is 0.0393. The van der Waals surface area contributed by atoms with Crippen molar-refractivity contribution in [1.29, 1.82) is 0 Å². The summed E-state index contributed by atoms with van der Waals surface area (Å²) in [6.45, 7) is 14.0. The number of amides is 4. The van der Waals surface area contributed by atoms with Crippen LogP contribution in [0.3, 0.4) is 0 Å². The van der Waals surface area contributed by atoms with Gasteiger partial charge < -0.3 is 29.9 Å². The fourth-order valence-electron chi connectivity index (χ4n) is 4.78. The molecule has 4 amide bonds. The average molecular weight is 653 g/mol. The molecule has 0 saturated carbocycles. The highest BCUT2D eigenvalue weighted by atomic mass is 16.6. The van der Waals surface area contributed by atoms with E-state index in [4.69, 9.17) is 9.47 Å². The topological polar surface area (TPSA) is 134 Å². The van der Waals surface area contributed by atoms with Crippen LogP contribution in [0.4, 0.5) is 4.79 Å². The Morgan fingerprint density at radius 2 is 1.21 bits per heavy atom. The largest absolute Gasteiger partial charge is 0.458 e. The van der Waals surface area contributed by atoms with E-state index in [2.05, 4.69) is 10.6 Å². The van der Waals surface area contributed by atoms with Gasteiger partial charge >= 0.3 is 12.1 Å². The van der Waals surface area contributed by atoms with Gasteiger partial charge in [-0.15, -0.1) is 0 Å². The van der Waals surface area contributed by atoms with Crippen LogP contribution in [-0.4, -0.2) is 83.4 Å². The molecule has 2 aromatic carbocycles. The summed E-state index contributed by atoms with van der Waals surface area (Å²) in [4.78, 5) is 69.5. The Hall–Kier alpha value is -4.41. The Kier molecular flexibility index (Phi) is 14.4. The van der Waals surface area contributed by atoms with Crippen LogP contribution in [0.25, 0.3) is 0 Å². The summed E-state index contributed by atoms with van der Waals surface area (Å²) in [5, 5.41) is 5.45. The Balaban J connectivity index is 2.24. The smallest absolute Gasteiger partial charge is 0.408 e. The Bertz CT molecular complexity index is 1340. The number of carbonyl (C=O) groups is 5. The molecule has 0 aliphatic carbocycles. The van der Waals surface area contributed by atoms with Crippen LogP contribution in [0.1, 0.15) is 66.5 Å². The summed E-state index contributed by atoms with van der Waals surface area (Å²) in [7, 11) is 2.98. The molecule has 0 saturated heterocycles. The molecule has 0 heterocycles. The second kappa shape index (κ2) is 17.5. The van der Waals surface area contributed by atoms with E-state index in [0.29, 0.717) is 0 Å². The van der Waals surface area contributed by atoms with Crippen LogP contribution in [0, 0.1) is 11.8 Å². The van der Waals surface area contributed by atoms with Crippen LogP contribution in [0.2, 0.25) is 0 Å². The first-order valence-corrected chi connectivity index (χ1v) is 16.0. The maximum Gasteiger partial charge on any atom is 0.408 e. The molecule has 2 rings (SSSR count). The lowest BCUT2D eigenvalue weighted by molar-refractivity contribution is -0.160. The second-order valence-corrected chi connectivity index (χ2v) is 13.5. The first-order valence-electron chi connectivity index (χ1n) is 16.0. The number of likely N-dealkylation sites (N-methyl/N-ethyl adjacent to an activating group) is 2. The number of esters is 1. The van der Waals surface area contributed by atoms with Crippen LogP contribution in [-0.2, 0) is 41.7 Å². The van der Waals surface area contributed by atoms with Gasteiger partial charge in [-0.25, -0.2) is 9.59 Å². The van der Waals surface area contributed by atoms with Gasteiger partial charge in [0, 0.05) is 20.5 Å². The quantitative estimate of drug-likeness (QED) is 0.290. The monoisotopic (exact) mass is 652 g/mol. The lowest BCUT2D eigenvalue weighted by atomic mass is 10.00. The highest BCUT2D eigenvalue weighted by molar-refractivity contribution is 5.94. The molecule has 2 aromatic rings. The molecule has 0 aliphatic rings. The third kappa shape index (κ3) is 12.0. The summed E-state index contributed by atoms with van der Waals surface area (Å²) in [6, 6.07) is 14.5. The van der Waals surface area contributed by atoms with Gasteiger partial charge in [0.1, 0.15) is 36.4 Å². The van der Waals surface area contributed by atoms with Crippen molar-refractivity contribution in [3.8, 4) is 0 Å². The van der Waals surface area contributed by atoms with E-state index in [1.54, 1.807) is 55.4 Å². The van der Waals surface area contributed by atoms with Crippen molar-refractivity contribution in [1.82, 2.24) is 20.4 Å². The molecule has 4 atom stereocenters. The summed E-state index contributed by atoms with van der Waals surface area (Å²) >= 11 is 0. The fourth-order valence-corrected chi connectivity index (χ4v) is 4.78. The van der Waals surface area contributed by atoms with Gasteiger partial charge in [-0.1, -0.05) is 88.4 Å². The molecule has 258 valence electrons. The van der Waals surface area contributed by atoms with Gasteiger partial charge in [-0.2, -0.15) is 0 Å². The minimum Gasteiger partial charge on any atom is -0.458 e. The summed E-state index contributed by atoms with van der Waals surface area (Å²) in [5.41, 5.74) is 0.856. The summed E-state index contributed by atoms with van der Waals surface area (Å²) < 4.78 is 10.9. The lowest BCUT2D eigenvalue weighted by Gasteiger charge is -2.35. The van der Waals surface area contributed by atoms with E-state index in [1.165, 1.54) is 23.9 Å². The van der Waals surface area contributed by atoms with E-state index in [9.17, 15) is 24.0 Å². The summed E-state index contributed by atoms with van der Waals surface area (Å²) in [6.07, 6.45) is -0.586. The van der Waals surface area contributed by atoms with Crippen LogP contribution in [0.5, 0.6) is 0 Å². The molecule has 0 bridgehead atoms. The number of nitrogens with zero attached hydrogens (tertiary/aromatic N) is 2. The van der Waals surface area contributed by atoms with Crippen molar-refractivity contribution in [2.24, 2.45) is 11.8 Å². The number of hydrogen-bond acceptors (Lipinski definition) is 7. The fraction of sp³-hybridized carbons (Fsp3) is 0.528. The Morgan fingerprint density at radius 3 is 1.70 bits per heavy atom. The highest BCUT2D eigenvalue weighted by Crippen LogP contribution is 2.17. The van der Waals surface area contributed by atoms with E-state index in [-0.39, 0.29) is 24.9 Å². The number of ether oxygens (including phenoxy) is 2. The van der Waals surface area contributed by atoms with Crippen molar-refractivity contribution >= 4 is 29.8 Å². The van der Waals surface area contributed by atoms with Gasteiger partial charge in [-0.3, -0.25) is 14.4 Å². The maximum atomic E-state index is 13.9. The van der Waals surface area contributed by atoms with Crippen molar-refractivity contribution in [2.75, 3.05) is 14.1 Å². The molecule has 47 heavy (non-hydrogen) atoms. The number of carbonyl (C=O) groups excluding carboxylic acids is 5. The molecule has 0 aromatic heterocycles. The van der Waals surface area contributed by atoms with Crippen molar-refractivity contribution in [3.05, 3.63) is 71.8 Å². The Labute approximate surface area is 279 Å². The lowest BCUT2D eigenvalue weighted by Crippen LogP contribution is -2.59. The van der Waals surface area contributed by atoms with Crippen molar-refractivity contribution in [3.63, 3.8) is 0 Å². The van der Waals surface area contributed by atoms with E-state index in [1.807, 2.05) is 60.7 Å². The second-order valence-electron chi connectivity index (χ2n) is 13.5. The number of hydrogen-bond donors (Lipinski definition) is 2.